The Morgan fingerprint density at radius 2 is 2.31 bits per heavy atom. The molecule has 0 radical (unpaired) electrons. The SMILES string of the molecule is CC1Cc2cc(CC3(O)CNC3)ccc2O1. The number of β-amino-alcohol motifs (C(OH)–C–C–N with tert-alkyl or cyclic N) is 1. The highest BCUT2D eigenvalue weighted by Crippen LogP contribution is 2.30. The normalized spacial score (nSPS) is 25.8. The van der Waals surface area contributed by atoms with Gasteiger partial charge >= 0.3 is 0 Å². The summed E-state index contributed by atoms with van der Waals surface area (Å²) in [5.74, 6) is 1.01. The molecule has 0 spiro atoms. The molecule has 3 heteroatoms. The van der Waals surface area contributed by atoms with Gasteiger partial charge in [-0.1, -0.05) is 12.1 Å². The van der Waals surface area contributed by atoms with Gasteiger partial charge in [0.2, 0.25) is 0 Å². The number of ether oxygens (including phenoxy) is 1. The van der Waals surface area contributed by atoms with Crippen molar-refractivity contribution in [3.8, 4) is 5.75 Å². The van der Waals surface area contributed by atoms with Gasteiger partial charge in [0.25, 0.3) is 0 Å². The lowest BCUT2D eigenvalue weighted by atomic mass is 9.88. The van der Waals surface area contributed by atoms with E-state index in [1.54, 1.807) is 0 Å². The zero-order valence-electron chi connectivity index (χ0n) is 9.49. The van der Waals surface area contributed by atoms with E-state index in [1.807, 2.05) is 6.07 Å². The fourth-order valence-corrected chi connectivity index (χ4v) is 2.50. The summed E-state index contributed by atoms with van der Waals surface area (Å²) in [4.78, 5) is 0. The minimum absolute atomic E-state index is 0.290. The van der Waals surface area contributed by atoms with E-state index >= 15 is 0 Å². The molecule has 2 heterocycles. The molecule has 1 saturated heterocycles. The van der Waals surface area contributed by atoms with Crippen LogP contribution >= 0.6 is 0 Å². The summed E-state index contributed by atoms with van der Waals surface area (Å²) in [6, 6.07) is 6.27. The van der Waals surface area contributed by atoms with Crippen LogP contribution in [0.2, 0.25) is 0 Å². The second-order valence-electron chi connectivity index (χ2n) is 5.08. The Hall–Kier alpha value is -1.06. The maximum absolute atomic E-state index is 10.1. The van der Waals surface area contributed by atoms with Gasteiger partial charge < -0.3 is 15.2 Å². The van der Waals surface area contributed by atoms with Crippen LogP contribution in [0.4, 0.5) is 0 Å². The number of rotatable bonds is 2. The van der Waals surface area contributed by atoms with Gasteiger partial charge in [0.1, 0.15) is 11.9 Å². The Morgan fingerprint density at radius 3 is 3.00 bits per heavy atom. The van der Waals surface area contributed by atoms with Crippen LogP contribution in [0, 0.1) is 0 Å². The molecule has 1 unspecified atom stereocenters. The van der Waals surface area contributed by atoms with Gasteiger partial charge in [-0.3, -0.25) is 0 Å². The first-order chi connectivity index (χ1) is 7.65. The highest BCUT2D eigenvalue weighted by molar-refractivity contribution is 5.41. The predicted molar refractivity (Wildman–Crippen MR) is 61.8 cm³/mol. The van der Waals surface area contributed by atoms with E-state index in [0.717, 1.165) is 18.6 Å². The van der Waals surface area contributed by atoms with Gasteiger partial charge in [-0.25, -0.2) is 0 Å². The van der Waals surface area contributed by atoms with Crippen LogP contribution in [0.3, 0.4) is 0 Å². The first kappa shape index (κ1) is 10.1. The number of fused-ring (bicyclic) bond motifs is 1. The van der Waals surface area contributed by atoms with Crippen LogP contribution in [0.1, 0.15) is 18.1 Å². The van der Waals surface area contributed by atoms with Gasteiger partial charge in [-0.05, 0) is 24.1 Å². The summed E-state index contributed by atoms with van der Waals surface area (Å²) in [7, 11) is 0. The summed E-state index contributed by atoms with van der Waals surface area (Å²) < 4.78 is 5.66. The monoisotopic (exact) mass is 219 g/mol. The molecule has 86 valence electrons. The minimum Gasteiger partial charge on any atom is -0.490 e. The number of hydrogen-bond donors (Lipinski definition) is 2. The molecule has 0 bridgehead atoms. The van der Waals surface area contributed by atoms with Gasteiger partial charge in [0.05, 0.1) is 5.60 Å². The van der Waals surface area contributed by atoms with Crippen LogP contribution in [-0.4, -0.2) is 29.9 Å². The number of nitrogens with one attached hydrogen (secondary N) is 1. The van der Waals surface area contributed by atoms with Gasteiger partial charge in [0, 0.05) is 25.9 Å². The van der Waals surface area contributed by atoms with Gasteiger partial charge in [0.15, 0.2) is 0 Å². The van der Waals surface area contributed by atoms with E-state index in [2.05, 4.69) is 24.4 Å². The minimum atomic E-state index is -0.528. The third-order valence-corrected chi connectivity index (χ3v) is 3.40. The van der Waals surface area contributed by atoms with E-state index in [9.17, 15) is 5.11 Å². The standard InChI is InChI=1S/C13H17NO2/c1-9-4-11-5-10(2-3-12(11)16-9)6-13(15)7-14-8-13/h2-3,5,9,14-15H,4,6-8H2,1H3. The van der Waals surface area contributed by atoms with Crippen molar-refractivity contribution in [1.29, 1.82) is 0 Å². The molecule has 1 fully saturated rings. The number of aliphatic hydroxyl groups is 1. The molecule has 16 heavy (non-hydrogen) atoms. The summed E-state index contributed by atoms with van der Waals surface area (Å²) >= 11 is 0. The third kappa shape index (κ3) is 1.70. The average molecular weight is 219 g/mol. The molecule has 0 amide bonds. The lowest BCUT2D eigenvalue weighted by Crippen LogP contribution is -2.60. The molecule has 3 rings (SSSR count). The van der Waals surface area contributed by atoms with Crippen LogP contribution in [0.5, 0.6) is 5.75 Å². The molecule has 1 aromatic rings. The highest BCUT2D eigenvalue weighted by atomic mass is 16.5. The first-order valence-electron chi connectivity index (χ1n) is 5.86. The predicted octanol–water partition coefficient (Wildman–Crippen LogP) is 0.887. The summed E-state index contributed by atoms with van der Waals surface area (Å²) in [6.45, 7) is 3.50. The van der Waals surface area contributed by atoms with Crippen molar-refractivity contribution in [2.75, 3.05) is 13.1 Å². The highest BCUT2D eigenvalue weighted by Gasteiger charge is 2.34. The molecule has 3 nitrogen and oxygen atoms in total. The quantitative estimate of drug-likeness (QED) is 0.776. The van der Waals surface area contributed by atoms with Gasteiger partial charge in [-0.2, -0.15) is 0 Å². The fraction of sp³-hybridized carbons (Fsp3) is 0.538. The number of hydrogen-bond acceptors (Lipinski definition) is 3. The molecule has 2 N–H and O–H groups in total. The van der Waals surface area contributed by atoms with E-state index in [4.69, 9.17) is 4.74 Å². The van der Waals surface area contributed by atoms with Crippen molar-refractivity contribution in [2.24, 2.45) is 0 Å². The Balaban J connectivity index is 1.80. The van der Waals surface area contributed by atoms with Crippen molar-refractivity contribution in [1.82, 2.24) is 5.32 Å². The van der Waals surface area contributed by atoms with E-state index < -0.39 is 5.60 Å². The first-order valence-corrected chi connectivity index (χ1v) is 5.86. The molecule has 1 aromatic carbocycles. The lowest BCUT2D eigenvalue weighted by molar-refractivity contribution is -0.00903. The van der Waals surface area contributed by atoms with E-state index in [0.29, 0.717) is 19.2 Å². The Bertz CT molecular complexity index is 412. The summed E-state index contributed by atoms with van der Waals surface area (Å²) in [5.41, 5.74) is 1.96. The second kappa shape index (κ2) is 3.47. The van der Waals surface area contributed by atoms with Gasteiger partial charge in [-0.15, -0.1) is 0 Å². The summed E-state index contributed by atoms with van der Waals surface area (Å²) in [5, 5.41) is 13.2. The zero-order chi connectivity index (χ0) is 11.2. The van der Waals surface area contributed by atoms with E-state index in [1.165, 1.54) is 11.1 Å². The van der Waals surface area contributed by atoms with Crippen molar-refractivity contribution in [3.05, 3.63) is 29.3 Å². The van der Waals surface area contributed by atoms with Crippen LogP contribution in [-0.2, 0) is 12.8 Å². The molecule has 2 aliphatic rings. The smallest absolute Gasteiger partial charge is 0.123 e. The van der Waals surface area contributed by atoms with Crippen LogP contribution < -0.4 is 10.1 Å². The molecule has 0 aliphatic carbocycles. The largest absolute Gasteiger partial charge is 0.490 e. The molecule has 0 saturated carbocycles. The molecule has 0 aromatic heterocycles. The molecule has 2 aliphatic heterocycles. The fourth-order valence-electron chi connectivity index (χ4n) is 2.50. The third-order valence-electron chi connectivity index (χ3n) is 3.40. The Morgan fingerprint density at radius 1 is 1.50 bits per heavy atom. The van der Waals surface area contributed by atoms with E-state index in [-0.39, 0.29) is 0 Å². The Labute approximate surface area is 95.4 Å². The van der Waals surface area contributed by atoms with Crippen molar-refractivity contribution < 1.29 is 9.84 Å². The Kier molecular flexibility index (Phi) is 2.19. The number of benzene rings is 1. The van der Waals surface area contributed by atoms with Crippen molar-refractivity contribution in [3.63, 3.8) is 0 Å². The van der Waals surface area contributed by atoms with Crippen LogP contribution in [0.25, 0.3) is 0 Å². The summed E-state index contributed by atoms with van der Waals surface area (Å²) in [6.07, 6.45) is 2.01. The topological polar surface area (TPSA) is 41.5 Å². The second-order valence-corrected chi connectivity index (χ2v) is 5.08. The molecular formula is C13H17NO2. The molecule has 1 atom stereocenters. The van der Waals surface area contributed by atoms with Crippen molar-refractivity contribution in [2.45, 2.75) is 31.5 Å². The van der Waals surface area contributed by atoms with Crippen molar-refractivity contribution >= 4 is 0 Å². The average Bonchev–Trinajstić information content (AvgIpc) is 2.55. The van der Waals surface area contributed by atoms with Crippen LogP contribution in [0.15, 0.2) is 18.2 Å². The molecular weight excluding hydrogens is 202 g/mol. The maximum Gasteiger partial charge on any atom is 0.123 e. The zero-order valence-corrected chi connectivity index (χ0v) is 9.49. The maximum atomic E-state index is 10.1. The lowest BCUT2D eigenvalue weighted by Gasteiger charge is -2.37.